The summed E-state index contributed by atoms with van der Waals surface area (Å²) in [6, 6.07) is 10.2. The van der Waals surface area contributed by atoms with Crippen LogP contribution in [0.15, 0.2) is 30.3 Å². The van der Waals surface area contributed by atoms with Crippen molar-refractivity contribution in [1.29, 1.82) is 0 Å². The van der Waals surface area contributed by atoms with Gasteiger partial charge >= 0.3 is 0 Å². The first-order valence-corrected chi connectivity index (χ1v) is 6.85. The van der Waals surface area contributed by atoms with Crippen molar-refractivity contribution in [3.05, 3.63) is 35.9 Å². The Kier molecular flexibility index (Phi) is 3.06. The van der Waals surface area contributed by atoms with Gasteiger partial charge in [0.1, 0.15) is 4.58 Å². The van der Waals surface area contributed by atoms with E-state index in [0.29, 0.717) is 0 Å². The van der Waals surface area contributed by atoms with Crippen LogP contribution in [0.25, 0.3) is 0 Å². The van der Waals surface area contributed by atoms with Gasteiger partial charge in [-0.05, 0) is 17.7 Å². The Morgan fingerprint density at radius 2 is 2.08 bits per heavy atom. The molecule has 70 valence electrons. The molecule has 1 aliphatic rings. The lowest BCUT2D eigenvalue weighted by atomic mass is 10.2. The molecule has 3 heteroatoms. The summed E-state index contributed by atoms with van der Waals surface area (Å²) >= 11 is 1.82. The minimum atomic E-state index is -0.666. The van der Waals surface area contributed by atoms with Gasteiger partial charge in [-0.15, -0.1) is 11.8 Å². The molecular formula is C10H12OS2. The third-order valence-electron chi connectivity index (χ3n) is 2.07. The van der Waals surface area contributed by atoms with Crippen molar-refractivity contribution in [3.8, 4) is 0 Å². The van der Waals surface area contributed by atoms with Crippen LogP contribution in [0.3, 0.4) is 0 Å². The summed E-state index contributed by atoms with van der Waals surface area (Å²) in [7, 11) is -0.666. The molecular weight excluding hydrogens is 200 g/mol. The zero-order chi connectivity index (χ0) is 9.10. The van der Waals surface area contributed by atoms with E-state index < -0.39 is 10.8 Å². The Balaban J connectivity index is 2.20. The summed E-state index contributed by atoms with van der Waals surface area (Å²) in [6.07, 6.45) is 1.10. The molecule has 2 atom stereocenters. The molecule has 2 rings (SSSR count). The highest BCUT2D eigenvalue weighted by Crippen LogP contribution is 2.36. The van der Waals surface area contributed by atoms with Gasteiger partial charge in [0.05, 0.1) is 0 Å². The van der Waals surface area contributed by atoms with Gasteiger partial charge in [0, 0.05) is 16.6 Å². The Labute approximate surface area is 85.4 Å². The van der Waals surface area contributed by atoms with Crippen molar-refractivity contribution in [2.75, 3.05) is 11.5 Å². The highest BCUT2D eigenvalue weighted by atomic mass is 32.2. The Hall–Kier alpha value is -0.280. The summed E-state index contributed by atoms with van der Waals surface area (Å²) < 4.78 is 11.9. The zero-order valence-corrected chi connectivity index (χ0v) is 8.94. The molecule has 13 heavy (non-hydrogen) atoms. The predicted octanol–water partition coefficient (Wildman–Crippen LogP) is 2.57. The van der Waals surface area contributed by atoms with Crippen LogP contribution < -0.4 is 0 Å². The summed E-state index contributed by atoms with van der Waals surface area (Å²) in [4.78, 5) is 0. The monoisotopic (exact) mass is 212 g/mol. The van der Waals surface area contributed by atoms with E-state index in [0.717, 1.165) is 17.9 Å². The quantitative estimate of drug-likeness (QED) is 0.711. The van der Waals surface area contributed by atoms with Gasteiger partial charge in [0.25, 0.3) is 0 Å². The van der Waals surface area contributed by atoms with Crippen molar-refractivity contribution in [2.24, 2.45) is 0 Å². The molecule has 0 aliphatic carbocycles. The Bertz CT molecular complexity index is 297. The summed E-state index contributed by atoms with van der Waals surface area (Å²) in [5, 5.41) is 0. The largest absolute Gasteiger partial charge is 0.258 e. The smallest absolute Gasteiger partial charge is 0.105 e. The molecule has 1 nitrogen and oxygen atoms in total. The van der Waals surface area contributed by atoms with Crippen molar-refractivity contribution in [2.45, 2.75) is 11.0 Å². The Morgan fingerprint density at radius 3 is 2.77 bits per heavy atom. The molecule has 0 radical (unpaired) electrons. The van der Waals surface area contributed by atoms with E-state index in [2.05, 4.69) is 12.1 Å². The van der Waals surface area contributed by atoms with Crippen LogP contribution in [0.2, 0.25) is 0 Å². The maximum absolute atomic E-state index is 11.7. The van der Waals surface area contributed by atoms with Gasteiger partial charge in [-0.2, -0.15) is 0 Å². The van der Waals surface area contributed by atoms with Crippen LogP contribution in [0.4, 0.5) is 0 Å². The van der Waals surface area contributed by atoms with Crippen LogP contribution in [-0.2, 0) is 10.8 Å². The average molecular weight is 212 g/mol. The van der Waals surface area contributed by atoms with Crippen molar-refractivity contribution < 1.29 is 4.21 Å². The maximum atomic E-state index is 11.7. The van der Waals surface area contributed by atoms with Crippen LogP contribution in [0.5, 0.6) is 0 Å². The van der Waals surface area contributed by atoms with Crippen LogP contribution in [0, 0.1) is 0 Å². The summed E-state index contributed by atoms with van der Waals surface area (Å²) in [5.74, 6) is 2.01. The number of benzene rings is 1. The predicted molar refractivity (Wildman–Crippen MR) is 59.3 cm³/mol. The topological polar surface area (TPSA) is 17.1 Å². The first kappa shape index (κ1) is 9.28. The maximum Gasteiger partial charge on any atom is 0.105 e. The highest BCUT2D eigenvalue weighted by molar-refractivity contribution is 8.11. The first-order chi connectivity index (χ1) is 6.38. The molecule has 0 amide bonds. The molecule has 1 fully saturated rings. The zero-order valence-electron chi connectivity index (χ0n) is 7.31. The minimum Gasteiger partial charge on any atom is -0.258 e. The fourth-order valence-electron chi connectivity index (χ4n) is 1.43. The van der Waals surface area contributed by atoms with E-state index in [-0.39, 0.29) is 4.58 Å². The fraction of sp³-hybridized carbons (Fsp3) is 0.400. The van der Waals surface area contributed by atoms with Crippen molar-refractivity contribution in [3.63, 3.8) is 0 Å². The van der Waals surface area contributed by atoms with E-state index in [9.17, 15) is 4.21 Å². The first-order valence-electron chi connectivity index (χ1n) is 4.41. The van der Waals surface area contributed by atoms with E-state index in [1.165, 1.54) is 5.56 Å². The van der Waals surface area contributed by atoms with Gasteiger partial charge in [-0.1, -0.05) is 30.3 Å². The fourth-order valence-corrected chi connectivity index (χ4v) is 4.78. The molecule has 1 aromatic carbocycles. The van der Waals surface area contributed by atoms with E-state index in [1.54, 1.807) is 0 Å². The van der Waals surface area contributed by atoms with Gasteiger partial charge in [0.15, 0.2) is 0 Å². The lowest BCUT2D eigenvalue weighted by Crippen LogP contribution is -2.13. The third kappa shape index (κ3) is 2.15. The second kappa shape index (κ2) is 4.29. The molecule has 0 saturated carbocycles. The lowest BCUT2D eigenvalue weighted by molar-refractivity contribution is 0.679. The molecule has 0 N–H and O–H groups in total. The number of hydrogen-bond acceptors (Lipinski definition) is 2. The van der Waals surface area contributed by atoms with E-state index >= 15 is 0 Å². The van der Waals surface area contributed by atoms with Crippen LogP contribution in [-0.4, -0.2) is 15.7 Å². The van der Waals surface area contributed by atoms with Gasteiger partial charge in [0.2, 0.25) is 0 Å². The summed E-state index contributed by atoms with van der Waals surface area (Å²) in [5.41, 5.74) is 1.21. The summed E-state index contributed by atoms with van der Waals surface area (Å²) in [6.45, 7) is 0. The van der Waals surface area contributed by atoms with E-state index in [4.69, 9.17) is 0 Å². The number of hydrogen-bond donors (Lipinski definition) is 0. The number of rotatable bonds is 1. The standard InChI is InChI=1S/C10H12OS2/c11-13-8-4-7-12-10(13)9-5-2-1-3-6-9/h1-3,5-6,10H,4,7-8H2/t10-,13+/m0/s1. The molecule has 0 aromatic heterocycles. The molecule has 1 heterocycles. The van der Waals surface area contributed by atoms with Crippen molar-refractivity contribution in [1.82, 2.24) is 0 Å². The van der Waals surface area contributed by atoms with Gasteiger partial charge in [-0.3, -0.25) is 4.21 Å². The highest BCUT2D eigenvalue weighted by Gasteiger charge is 2.22. The van der Waals surface area contributed by atoms with E-state index in [1.807, 2.05) is 30.0 Å². The van der Waals surface area contributed by atoms with Crippen molar-refractivity contribution >= 4 is 22.6 Å². The minimum absolute atomic E-state index is 0.218. The molecule has 0 bridgehead atoms. The average Bonchev–Trinajstić information content (AvgIpc) is 2.20. The molecule has 0 spiro atoms. The third-order valence-corrected chi connectivity index (χ3v) is 5.66. The van der Waals surface area contributed by atoms with Gasteiger partial charge < -0.3 is 0 Å². The molecule has 1 aliphatic heterocycles. The van der Waals surface area contributed by atoms with Gasteiger partial charge in [-0.25, -0.2) is 0 Å². The van der Waals surface area contributed by atoms with Crippen LogP contribution >= 0.6 is 11.8 Å². The van der Waals surface area contributed by atoms with Crippen LogP contribution in [0.1, 0.15) is 16.6 Å². The molecule has 1 aromatic rings. The second-order valence-corrected chi connectivity index (χ2v) is 6.20. The molecule has 0 unspecified atom stereocenters. The Morgan fingerprint density at radius 1 is 1.31 bits per heavy atom. The number of thioether (sulfide) groups is 1. The lowest BCUT2D eigenvalue weighted by Gasteiger charge is -2.20. The SMILES string of the molecule is O=[S@@]1CCCS[C@@H]1c1ccccc1. The normalized spacial score (nSPS) is 28.6. The molecule has 1 saturated heterocycles. The second-order valence-electron chi connectivity index (χ2n) is 3.05.